The van der Waals surface area contributed by atoms with Crippen molar-refractivity contribution in [1.29, 1.82) is 0 Å². The summed E-state index contributed by atoms with van der Waals surface area (Å²) < 4.78 is 10.7. The van der Waals surface area contributed by atoms with E-state index in [9.17, 15) is 9.59 Å². The number of fused-ring (bicyclic) bond motifs is 1. The van der Waals surface area contributed by atoms with Gasteiger partial charge >= 0.3 is 0 Å². The van der Waals surface area contributed by atoms with Crippen molar-refractivity contribution in [2.24, 2.45) is 0 Å². The minimum atomic E-state index is -0.126. The molecule has 0 bridgehead atoms. The lowest BCUT2D eigenvalue weighted by Crippen LogP contribution is -2.46. The zero-order valence-corrected chi connectivity index (χ0v) is 17.0. The van der Waals surface area contributed by atoms with Gasteiger partial charge in [0.2, 0.25) is 0 Å². The van der Waals surface area contributed by atoms with Gasteiger partial charge in [0.25, 0.3) is 11.8 Å². The highest BCUT2D eigenvalue weighted by molar-refractivity contribution is 6.00. The Morgan fingerprint density at radius 3 is 2.47 bits per heavy atom. The lowest BCUT2D eigenvalue weighted by molar-refractivity contribution is 0.0691. The van der Waals surface area contributed by atoms with Crippen LogP contribution in [0.15, 0.2) is 42.7 Å². The number of aromatic amines is 1. The number of carbonyl (C=O) groups excluding carboxylic acids is 2. The fourth-order valence-electron chi connectivity index (χ4n) is 3.79. The van der Waals surface area contributed by atoms with Crippen LogP contribution in [0, 0.1) is 0 Å². The molecule has 2 amide bonds. The topological polar surface area (TPSA) is 96.6 Å². The van der Waals surface area contributed by atoms with Crippen molar-refractivity contribution in [3.8, 4) is 11.5 Å². The summed E-state index contributed by atoms with van der Waals surface area (Å²) >= 11 is 0. The Balaban J connectivity index is 1.39. The predicted octanol–water partition coefficient (Wildman–Crippen LogP) is 2.61. The number of imidazole rings is 1. The molecule has 8 nitrogen and oxygen atoms in total. The van der Waals surface area contributed by atoms with Crippen LogP contribution in [-0.2, 0) is 0 Å². The Bertz CT molecular complexity index is 1050. The van der Waals surface area contributed by atoms with Crippen LogP contribution in [0.4, 0.5) is 0 Å². The number of piperidine rings is 1. The molecular formula is C22H24N4O4. The first kappa shape index (κ1) is 19.8. The third-order valence-electron chi connectivity index (χ3n) is 5.44. The third kappa shape index (κ3) is 3.80. The number of benzene rings is 2. The second-order valence-electron chi connectivity index (χ2n) is 7.21. The van der Waals surface area contributed by atoms with Gasteiger partial charge in [-0.05, 0) is 43.2 Å². The summed E-state index contributed by atoms with van der Waals surface area (Å²) in [6, 6.07) is 10.7. The number of nitrogens with zero attached hydrogens (tertiary/aromatic N) is 2. The van der Waals surface area contributed by atoms with Gasteiger partial charge in [-0.25, -0.2) is 4.98 Å². The molecule has 2 N–H and O–H groups in total. The molecule has 0 spiro atoms. The molecule has 0 unspecified atom stereocenters. The van der Waals surface area contributed by atoms with Gasteiger partial charge in [-0.1, -0.05) is 6.07 Å². The highest BCUT2D eigenvalue weighted by Crippen LogP contribution is 2.30. The van der Waals surface area contributed by atoms with Crippen LogP contribution in [0.5, 0.6) is 11.5 Å². The van der Waals surface area contributed by atoms with Crippen LogP contribution >= 0.6 is 0 Å². The smallest absolute Gasteiger partial charge is 0.261 e. The van der Waals surface area contributed by atoms with Crippen LogP contribution in [0.25, 0.3) is 11.0 Å². The molecule has 1 fully saturated rings. The van der Waals surface area contributed by atoms with Crippen molar-refractivity contribution in [2.75, 3.05) is 27.3 Å². The van der Waals surface area contributed by atoms with Crippen LogP contribution in [0.3, 0.4) is 0 Å². The molecule has 8 heteroatoms. The van der Waals surface area contributed by atoms with E-state index in [0.29, 0.717) is 48.6 Å². The zero-order chi connectivity index (χ0) is 21.1. The maximum absolute atomic E-state index is 13.1. The molecule has 1 aliphatic heterocycles. The number of nitrogens with one attached hydrogen (secondary N) is 2. The molecule has 0 saturated carbocycles. The first-order valence-electron chi connectivity index (χ1n) is 9.85. The van der Waals surface area contributed by atoms with Crippen molar-refractivity contribution < 1.29 is 19.1 Å². The summed E-state index contributed by atoms with van der Waals surface area (Å²) in [5.41, 5.74) is 2.67. The Labute approximate surface area is 174 Å². The van der Waals surface area contributed by atoms with Crippen molar-refractivity contribution in [1.82, 2.24) is 20.2 Å². The maximum Gasteiger partial charge on any atom is 0.261 e. The van der Waals surface area contributed by atoms with Gasteiger partial charge in [0, 0.05) is 24.7 Å². The van der Waals surface area contributed by atoms with E-state index < -0.39 is 0 Å². The molecule has 2 aromatic carbocycles. The minimum absolute atomic E-state index is 0.0126. The van der Waals surface area contributed by atoms with E-state index in [1.807, 2.05) is 6.07 Å². The summed E-state index contributed by atoms with van der Waals surface area (Å²) in [5.74, 6) is 0.731. The maximum atomic E-state index is 13.1. The first-order chi connectivity index (χ1) is 14.6. The molecule has 30 heavy (non-hydrogen) atoms. The quantitative estimate of drug-likeness (QED) is 0.677. The molecule has 156 valence electrons. The average Bonchev–Trinajstić information content (AvgIpc) is 3.26. The fourth-order valence-corrected chi connectivity index (χ4v) is 3.79. The second kappa shape index (κ2) is 8.44. The van der Waals surface area contributed by atoms with Crippen molar-refractivity contribution in [2.45, 2.75) is 18.9 Å². The van der Waals surface area contributed by atoms with Crippen LogP contribution < -0.4 is 14.8 Å². The summed E-state index contributed by atoms with van der Waals surface area (Å²) in [6.07, 6.45) is 2.97. The molecule has 4 rings (SSSR count). The predicted molar refractivity (Wildman–Crippen MR) is 112 cm³/mol. The van der Waals surface area contributed by atoms with Crippen molar-refractivity contribution >= 4 is 22.8 Å². The third-order valence-corrected chi connectivity index (χ3v) is 5.44. The van der Waals surface area contributed by atoms with E-state index in [1.165, 1.54) is 14.2 Å². The Hall–Kier alpha value is -3.55. The van der Waals surface area contributed by atoms with E-state index in [-0.39, 0.29) is 17.9 Å². The Kier molecular flexibility index (Phi) is 5.56. The molecule has 1 aliphatic rings. The lowest BCUT2D eigenvalue weighted by Gasteiger charge is -2.33. The van der Waals surface area contributed by atoms with Crippen LogP contribution in [-0.4, -0.2) is 60.0 Å². The van der Waals surface area contributed by atoms with Gasteiger partial charge in [0.05, 0.1) is 31.6 Å². The monoisotopic (exact) mass is 408 g/mol. The Morgan fingerprint density at radius 1 is 1.10 bits per heavy atom. The van der Waals surface area contributed by atoms with Gasteiger partial charge in [-0.3, -0.25) is 9.59 Å². The number of H-pyrrole nitrogens is 1. The van der Waals surface area contributed by atoms with Gasteiger partial charge in [-0.15, -0.1) is 0 Å². The number of aromatic nitrogens is 2. The molecule has 3 aromatic rings. The molecule has 0 radical (unpaired) electrons. The number of ether oxygens (including phenoxy) is 2. The van der Waals surface area contributed by atoms with E-state index in [2.05, 4.69) is 15.3 Å². The normalized spacial score (nSPS) is 14.5. The molecule has 1 aromatic heterocycles. The number of amides is 2. The van der Waals surface area contributed by atoms with Crippen molar-refractivity contribution in [3.63, 3.8) is 0 Å². The number of carbonyl (C=O) groups is 2. The van der Waals surface area contributed by atoms with Gasteiger partial charge in [-0.2, -0.15) is 0 Å². The first-order valence-corrected chi connectivity index (χ1v) is 9.85. The highest BCUT2D eigenvalue weighted by Gasteiger charge is 2.28. The summed E-state index contributed by atoms with van der Waals surface area (Å²) in [4.78, 5) is 34.7. The zero-order valence-electron chi connectivity index (χ0n) is 17.0. The molecule has 2 heterocycles. The largest absolute Gasteiger partial charge is 0.496 e. The summed E-state index contributed by atoms with van der Waals surface area (Å²) in [7, 11) is 3.07. The number of methoxy groups -OCH3 is 2. The molecule has 0 aliphatic carbocycles. The van der Waals surface area contributed by atoms with Gasteiger partial charge < -0.3 is 24.7 Å². The SMILES string of the molecule is COc1cccc(OC)c1C(=O)N1CCC(NC(=O)c2ccc3nc[nH]c3c2)CC1. The second-order valence-corrected chi connectivity index (χ2v) is 7.21. The van der Waals surface area contributed by atoms with Crippen LogP contribution in [0.1, 0.15) is 33.6 Å². The number of hydrogen-bond acceptors (Lipinski definition) is 5. The molecule has 0 atom stereocenters. The molecule has 1 saturated heterocycles. The summed E-state index contributed by atoms with van der Waals surface area (Å²) in [6.45, 7) is 1.09. The van der Waals surface area contributed by atoms with Gasteiger partial charge in [0.15, 0.2) is 0 Å². The van der Waals surface area contributed by atoms with Crippen molar-refractivity contribution in [3.05, 3.63) is 53.9 Å². The van der Waals surface area contributed by atoms with Gasteiger partial charge in [0.1, 0.15) is 17.1 Å². The van der Waals surface area contributed by atoms with E-state index in [1.54, 1.807) is 41.6 Å². The lowest BCUT2D eigenvalue weighted by atomic mass is 10.0. The minimum Gasteiger partial charge on any atom is -0.496 e. The average molecular weight is 408 g/mol. The standard InChI is InChI=1S/C22H24N4O4/c1-29-18-4-3-5-19(30-2)20(18)22(28)26-10-8-15(9-11-26)25-21(27)14-6-7-16-17(12-14)24-13-23-16/h3-7,12-13,15H,8-11H2,1-2H3,(H,23,24)(H,25,27). The number of hydrogen-bond donors (Lipinski definition) is 2. The Morgan fingerprint density at radius 2 is 1.80 bits per heavy atom. The molecular weight excluding hydrogens is 384 g/mol. The van der Waals surface area contributed by atoms with E-state index >= 15 is 0 Å². The highest BCUT2D eigenvalue weighted by atomic mass is 16.5. The van der Waals surface area contributed by atoms with E-state index in [0.717, 1.165) is 11.0 Å². The number of rotatable bonds is 5. The van der Waals surface area contributed by atoms with Crippen LogP contribution in [0.2, 0.25) is 0 Å². The van der Waals surface area contributed by atoms with E-state index in [4.69, 9.17) is 9.47 Å². The summed E-state index contributed by atoms with van der Waals surface area (Å²) in [5, 5.41) is 3.08. The number of likely N-dealkylation sites (tertiary alicyclic amines) is 1. The fraction of sp³-hybridized carbons (Fsp3) is 0.318.